The molecule has 0 radical (unpaired) electrons. The molecule has 116 valence electrons. The van der Waals surface area contributed by atoms with Crippen molar-refractivity contribution < 1.29 is 14.3 Å². The number of ether oxygens (including phenoxy) is 2. The van der Waals surface area contributed by atoms with Gasteiger partial charge >= 0.3 is 0 Å². The fraction of sp³-hybridized carbons (Fsp3) is 0.562. The number of carbonyl (C=O) groups is 1. The molecular weight excluding hydrogens is 268 g/mol. The molecule has 1 amide bonds. The molecular formula is C16H24N2O3. The Balaban J connectivity index is 1.69. The van der Waals surface area contributed by atoms with Crippen molar-refractivity contribution in [1.82, 2.24) is 5.32 Å². The van der Waals surface area contributed by atoms with Crippen LogP contribution in [-0.2, 0) is 4.79 Å². The molecule has 0 saturated heterocycles. The number of methoxy groups -OCH3 is 1. The zero-order valence-electron chi connectivity index (χ0n) is 12.5. The molecule has 5 nitrogen and oxygen atoms in total. The van der Waals surface area contributed by atoms with Crippen LogP contribution >= 0.6 is 0 Å². The van der Waals surface area contributed by atoms with Gasteiger partial charge in [-0.15, -0.1) is 0 Å². The third-order valence-electron chi connectivity index (χ3n) is 3.97. The molecule has 21 heavy (non-hydrogen) atoms. The highest BCUT2D eigenvalue weighted by atomic mass is 16.5. The van der Waals surface area contributed by atoms with Gasteiger partial charge in [-0.1, -0.05) is 6.42 Å². The van der Waals surface area contributed by atoms with Gasteiger partial charge in [-0.2, -0.15) is 0 Å². The summed E-state index contributed by atoms with van der Waals surface area (Å²) in [6.07, 6.45) is 3.66. The van der Waals surface area contributed by atoms with E-state index in [4.69, 9.17) is 15.2 Å². The number of nitrogens with two attached hydrogens (primary N) is 1. The molecule has 3 N–H and O–H groups in total. The maximum atomic E-state index is 11.9. The van der Waals surface area contributed by atoms with Crippen molar-refractivity contribution in [3.63, 3.8) is 0 Å². The molecule has 1 saturated carbocycles. The summed E-state index contributed by atoms with van der Waals surface area (Å²) in [6, 6.07) is 7.57. The van der Waals surface area contributed by atoms with Gasteiger partial charge in [-0.05, 0) is 49.6 Å². The van der Waals surface area contributed by atoms with Crippen LogP contribution in [0.15, 0.2) is 24.3 Å². The zero-order chi connectivity index (χ0) is 15.1. The van der Waals surface area contributed by atoms with Crippen LogP contribution in [0.3, 0.4) is 0 Å². The second-order valence-corrected chi connectivity index (χ2v) is 5.37. The van der Waals surface area contributed by atoms with Gasteiger partial charge in [0.2, 0.25) is 5.91 Å². The number of hydrogen-bond donors (Lipinski definition) is 2. The third kappa shape index (κ3) is 4.63. The van der Waals surface area contributed by atoms with E-state index in [1.807, 2.05) is 24.3 Å². The Morgan fingerprint density at radius 3 is 2.67 bits per heavy atom. The largest absolute Gasteiger partial charge is 0.497 e. The normalized spacial score (nSPS) is 21.0. The van der Waals surface area contributed by atoms with Crippen LogP contribution in [0.25, 0.3) is 0 Å². The van der Waals surface area contributed by atoms with E-state index in [0.29, 0.717) is 25.5 Å². The van der Waals surface area contributed by atoms with Crippen LogP contribution in [0.2, 0.25) is 0 Å². The first-order valence-corrected chi connectivity index (χ1v) is 7.49. The van der Waals surface area contributed by atoms with E-state index in [-0.39, 0.29) is 11.9 Å². The minimum absolute atomic E-state index is 0.0360. The second-order valence-electron chi connectivity index (χ2n) is 5.37. The van der Waals surface area contributed by atoms with Crippen LogP contribution in [0.5, 0.6) is 11.5 Å². The van der Waals surface area contributed by atoms with E-state index < -0.39 is 0 Å². The maximum absolute atomic E-state index is 11.9. The molecule has 1 aromatic carbocycles. The lowest BCUT2D eigenvalue weighted by molar-refractivity contribution is -0.122. The Kier molecular flexibility index (Phi) is 5.87. The van der Waals surface area contributed by atoms with E-state index in [2.05, 4.69) is 5.32 Å². The number of rotatable bonds is 7. The van der Waals surface area contributed by atoms with Gasteiger partial charge in [0.25, 0.3) is 0 Å². The average molecular weight is 292 g/mol. The maximum Gasteiger partial charge on any atom is 0.223 e. The van der Waals surface area contributed by atoms with Crippen molar-refractivity contribution in [2.24, 2.45) is 11.7 Å². The Morgan fingerprint density at radius 1 is 1.29 bits per heavy atom. The summed E-state index contributed by atoms with van der Waals surface area (Å²) in [7, 11) is 1.62. The summed E-state index contributed by atoms with van der Waals surface area (Å²) in [5, 5.41) is 3.07. The van der Waals surface area contributed by atoms with Gasteiger partial charge in [-0.3, -0.25) is 4.79 Å². The lowest BCUT2D eigenvalue weighted by atomic mass is 10.0. The molecule has 1 aromatic rings. The fourth-order valence-corrected chi connectivity index (χ4v) is 2.72. The van der Waals surface area contributed by atoms with E-state index >= 15 is 0 Å². The van der Waals surface area contributed by atoms with Gasteiger partial charge in [0.1, 0.15) is 11.5 Å². The number of benzene rings is 1. The highest BCUT2D eigenvalue weighted by Gasteiger charge is 2.27. The number of nitrogens with one attached hydrogen (secondary N) is 1. The summed E-state index contributed by atoms with van der Waals surface area (Å²) in [6.45, 7) is 1.02. The minimum atomic E-state index is 0.0360. The average Bonchev–Trinajstić information content (AvgIpc) is 2.95. The fourth-order valence-electron chi connectivity index (χ4n) is 2.72. The van der Waals surface area contributed by atoms with Crippen molar-refractivity contribution in [2.75, 3.05) is 20.3 Å². The number of hydrogen-bond acceptors (Lipinski definition) is 4. The van der Waals surface area contributed by atoms with Gasteiger partial charge < -0.3 is 20.5 Å². The molecule has 1 fully saturated rings. The van der Waals surface area contributed by atoms with Crippen molar-refractivity contribution in [2.45, 2.75) is 31.7 Å². The Bertz CT molecular complexity index is 447. The first-order valence-electron chi connectivity index (χ1n) is 7.49. The van der Waals surface area contributed by atoms with Crippen LogP contribution in [0, 0.1) is 5.92 Å². The summed E-state index contributed by atoms with van der Waals surface area (Å²) >= 11 is 0. The van der Waals surface area contributed by atoms with Gasteiger partial charge in [0.05, 0.1) is 20.1 Å². The minimum Gasteiger partial charge on any atom is -0.497 e. The molecule has 2 atom stereocenters. The molecule has 2 rings (SSSR count). The molecule has 0 aliphatic heterocycles. The first kappa shape index (κ1) is 15.6. The molecule has 0 heterocycles. The van der Waals surface area contributed by atoms with Crippen LogP contribution in [0.1, 0.15) is 25.7 Å². The van der Waals surface area contributed by atoms with Crippen molar-refractivity contribution in [3.05, 3.63) is 24.3 Å². The van der Waals surface area contributed by atoms with Gasteiger partial charge in [-0.25, -0.2) is 0 Å². The lowest BCUT2D eigenvalue weighted by Crippen LogP contribution is -2.40. The topological polar surface area (TPSA) is 73.6 Å². The highest BCUT2D eigenvalue weighted by Crippen LogP contribution is 2.24. The number of amides is 1. The van der Waals surface area contributed by atoms with Crippen LogP contribution < -0.4 is 20.5 Å². The first-order chi connectivity index (χ1) is 10.2. The second kappa shape index (κ2) is 7.88. The standard InChI is InChI=1S/C16H24N2O3/c1-20-13-5-7-14(8-6-13)21-10-9-16(19)18-15-4-2-3-12(15)11-17/h5-8,12,15H,2-4,9-11,17H2,1H3,(H,18,19). The van der Waals surface area contributed by atoms with E-state index in [1.165, 1.54) is 0 Å². The molecule has 0 bridgehead atoms. The quantitative estimate of drug-likeness (QED) is 0.802. The summed E-state index contributed by atoms with van der Waals surface area (Å²) < 4.78 is 10.6. The van der Waals surface area contributed by atoms with E-state index in [0.717, 1.165) is 30.8 Å². The predicted molar refractivity (Wildman–Crippen MR) is 81.4 cm³/mol. The molecule has 0 aromatic heterocycles. The van der Waals surface area contributed by atoms with Crippen LogP contribution in [0.4, 0.5) is 0 Å². The third-order valence-corrected chi connectivity index (χ3v) is 3.97. The SMILES string of the molecule is COc1ccc(OCCC(=O)NC2CCCC2CN)cc1. The lowest BCUT2D eigenvalue weighted by Gasteiger charge is -2.19. The Morgan fingerprint density at radius 2 is 2.00 bits per heavy atom. The summed E-state index contributed by atoms with van der Waals surface area (Å²) in [4.78, 5) is 11.9. The Labute approximate surface area is 125 Å². The zero-order valence-corrected chi connectivity index (χ0v) is 12.5. The monoisotopic (exact) mass is 292 g/mol. The smallest absolute Gasteiger partial charge is 0.223 e. The van der Waals surface area contributed by atoms with E-state index in [1.54, 1.807) is 7.11 Å². The summed E-state index contributed by atoms with van der Waals surface area (Å²) in [5.41, 5.74) is 5.71. The van der Waals surface area contributed by atoms with Crippen LogP contribution in [-0.4, -0.2) is 32.2 Å². The molecule has 5 heteroatoms. The molecule has 2 unspecified atom stereocenters. The van der Waals surface area contributed by atoms with Crippen molar-refractivity contribution >= 4 is 5.91 Å². The highest BCUT2D eigenvalue weighted by molar-refractivity contribution is 5.76. The van der Waals surface area contributed by atoms with E-state index in [9.17, 15) is 4.79 Å². The Hall–Kier alpha value is -1.75. The molecule has 1 aliphatic rings. The van der Waals surface area contributed by atoms with Crippen molar-refractivity contribution in [3.8, 4) is 11.5 Å². The van der Waals surface area contributed by atoms with Gasteiger partial charge in [0, 0.05) is 6.04 Å². The van der Waals surface area contributed by atoms with Gasteiger partial charge in [0.15, 0.2) is 0 Å². The molecule has 1 aliphatic carbocycles. The number of carbonyl (C=O) groups excluding carboxylic acids is 1. The predicted octanol–water partition coefficient (Wildman–Crippen LogP) is 1.71. The van der Waals surface area contributed by atoms with Crippen molar-refractivity contribution in [1.29, 1.82) is 0 Å². The molecule has 0 spiro atoms. The summed E-state index contributed by atoms with van der Waals surface area (Å²) in [5.74, 6) is 1.99.